The van der Waals surface area contributed by atoms with Gasteiger partial charge in [-0.3, -0.25) is 0 Å². The lowest BCUT2D eigenvalue weighted by atomic mass is 9.97. The smallest absolute Gasteiger partial charge is 0.387 e. The minimum atomic E-state index is -3.06. The monoisotopic (exact) mass is 428 g/mol. The molecule has 0 saturated carbocycles. The van der Waals surface area contributed by atoms with Crippen molar-refractivity contribution in [3.8, 4) is 22.6 Å². The first-order chi connectivity index (χ1) is 15.0. The fourth-order valence-electron chi connectivity index (χ4n) is 3.52. The van der Waals surface area contributed by atoms with Gasteiger partial charge in [0.25, 0.3) is 0 Å². The number of rotatable bonds is 10. The Morgan fingerprint density at radius 3 is 2.45 bits per heavy atom. The molecule has 0 aromatic heterocycles. The van der Waals surface area contributed by atoms with E-state index in [0.717, 1.165) is 31.2 Å². The molecule has 3 aromatic rings. The number of allylic oxidation sites excluding steroid dienone is 1. The Balaban J connectivity index is 2.00. The summed E-state index contributed by atoms with van der Waals surface area (Å²) in [6.07, 6.45) is 8.00. The maximum atomic E-state index is 15.5. The van der Waals surface area contributed by atoms with Crippen molar-refractivity contribution in [3.05, 3.63) is 72.1 Å². The van der Waals surface area contributed by atoms with Crippen LogP contribution in [0.2, 0.25) is 0 Å². The Hall–Kier alpha value is -2.95. The predicted octanol–water partition coefficient (Wildman–Crippen LogP) is 7.93. The second-order valence-corrected chi connectivity index (χ2v) is 7.36. The summed E-state index contributed by atoms with van der Waals surface area (Å²) in [6.45, 7) is 1.34. The molecule has 0 saturated heterocycles. The first-order valence-corrected chi connectivity index (χ1v) is 10.6. The van der Waals surface area contributed by atoms with E-state index in [9.17, 15) is 8.78 Å². The van der Waals surface area contributed by atoms with E-state index in [1.807, 2.05) is 31.2 Å². The van der Waals surface area contributed by atoms with E-state index >= 15 is 4.39 Å². The van der Waals surface area contributed by atoms with Gasteiger partial charge in [-0.1, -0.05) is 56.2 Å². The molecule has 0 aliphatic heterocycles. The molecule has 164 valence electrons. The highest BCUT2D eigenvalue weighted by atomic mass is 19.3. The summed E-state index contributed by atoms with van der Waals surface area (Å²) in [6, 6.07) is 13.7. The molecule has 0 fully saturated rings. The molecule has 3 rings (SSSR count). The van der Waals surface area contributed by atoms with E-state index in [-0.39, 0.29) is 11.3 Å². The van der Waals surface area contributed by atoms with Crippen LogP contribution < -0.4 is 9.47 Å². The molecule has 3 aromatic carbocycles. The van der Waals surface area contributed by atoms with Crippen molar-refractivity contribution in [2.24, 2.45) is 0 Å². The van der Waals surface area contributed by atoms with Crippen LogP contribution in [0.3, 0.4) is 0 Å². The van der Waals surface area contributed by atoms with Crippen LogP contribution in [-0.4, -0.2) is 13.2 Å². The average molecular weight is 428 g/mol. The van der Waals surface area contributed by atoms with E-state index in [2.05, 4.69) is 6.92 Å². The molecular weight excluding hydrogens is 401 g/mol. The summed E-state index contributed by atoms with van der Waals surface area (Å²) in [4.78, 5) is 0. The van der Waals surface area contributed by atoms with Gasteiger partial charge in [-0.15, -0.1) is 0 Å². The fraction of sp³-hybridized carbons (Fsp3) is 0.308. The van der Waals surface area contributed by atoms with Crippen LogP contribution in [0.15, 0.2) is 60.7 Å². The van der Waals surface area contributed by atoms with Crippen LogP contribution in [0.1, 0.15) is 38.7 Å². The summed E-state index contributed by atoms with van der Waals surface area (Å²) in [5, 5.41) is 0.757. The summed E-state index contributed by atoms with van der Waals surface area (Å²) in [7, 11) is 0. The van der Waals surface area contributed by atoms with Gasteiger partial charge in [-0.2, -0.15) is 8.78 Å². The molecule has 0 atom stereocenters. The zero-order valence-corrected chi connectivity index (χ0v) is 17.8. The third-order valence-corrected chi connectivity index (χ3v) is 5.12. The molecule has 0 heterocycles. The molecular formula is C26H27F3O2. The highest BCUT2D eigenvalue weighted by Crippen LogP contribution is 2.39. The lowest BCUT2D eigenvalue weighted by molar-refractivity contribution is -0.0494. The molecule has 5 heteroatoms. The Bertz CT molecular complexity index is 1030. The molecule has 0 radical (unpaired) electrons. The van der Waals surface area contributed by atoms with Crippen LogP contribution in [0, 0.1) is 5.82 Å². The van der Waals surface area contributed by atoms with Gasteiger partial charge >= 0.3 is 6.61 Å². The van der Waals surface area contributed by atoms with Crippen LogP contribution in [0.4, 0.5) is 13.2 Å². The summed E-state index contributed by atoms with van der Waals surface area (Å²) in [5.41, 5.74) is 1.68. The second-order valence-electron chi connectivity index (χ2n) is 7.36. The summed E-state index contributed by atoms with van der Waals surface area (Å²) in [5.74, 6) is -0.256. The SMILES string of the molecule is CC=CCOc1ccc2c(F)c(-c3ccc(CCCCC)cc3)c(OC(F)F)cc2c1. The number of hydrogen-bond acceptors (Lipinski definition) is 2. The molecule has 0 bridgehead atoms. The third kappa shape index (κ3) is 5.81. The van der Waals surface area contributed by atoms with Crippen molar-refractivity contribution in [1.82, 2.24) is 0 Å². The average Bonchev–Trinajstić information content (AvgIpc) is 2.74. The van der Waals surface area contributed by atoms with E-state index < -0.39 is 12.4 Å². The second kappa shape index (κ2) is 10.9. The number of halogens is 3. The van der Waals surface area contributed by atoms with E-state index in [1.165, 1.54) is 6.07 Å². The maximum absolute atomic E-state index is 15.5. The summed E-state index contributed by atoms with van der Waals surface area (Å²) >= 11 is 0. The van der Waals surface area contributed by atoms with Gasteiger partial charge in [0, 0.05) is 5.39 Å². The number of hydrogen-bond donors (Lipinski definition) is 0. The van der Waals surface area contributed by atoms with Crippen LogP contribution in [-0.2, 0) is 6.42 Å². The Morgan fingerprint density at radius 1 is 1.00 bits per heavy atom. The van der Waals surface area contributed by atoms with Crippen LogP contribution >= 0.6 is 0 Å². The highest BCUT2D eigenvalue weighted by Gasteiger charge is 2.19. The van der Waals surface area contributed by atoms with Gasteiger partial charge in [0.15, 0.2) is 0 Å². The van der Waals surface area contributed by atoms with Crippen molar-refractivity contribution in [1.29, 1.82) is 0 Å². The number of benzene rings is 3. The Labute approximate surface area is 181 Å². The largest absolute Gasteiger partial charge is 0.490 e. The quantitative estimate of drug-likeness (QED) is 0.241. The Morgan fingerprint density at radius 2 is 1.77 bits per heavy atom. The molecule has 0 aliphatic carbocycles. The zero-order chi connectivity index (χ0) is 22.2. The van der Waals surface area contributed by atoms with Gasteiger partial charge in [-0.25, -0.2) is 4.39 Å². The standard InChI is InChI=1S/C26H27F3O2/c1-3-5-7-8-18-9-11-19(12-10-18)24-23(31-26(28)29)17-20-16-21(30-15-6-4-2)13-14-22(20)25(24)27/h4,6,9-14,16-17,26H,3,5,7-8,15H2,1-2H3. The van der Waals surface area contributed by atoms with Crippen molar-refractivity contribution in [2.75, 3.05) is 6.61 Å². The van der Waals surface area contributed by atoms with Crippen LogP contribution in [0.25, 0.3) is 21.9 Å². The van der Waals surface area contributed by atoms with Gasteiger partial charge in [-0.05, 0) is 60.5 Å². The molecule has 0 unspecified atom stereocenters. The topological polar surface area (TPSA) is 18.5 Å². The van der Waals surface area contributed by atoms with Crippen molar-refractivity contribution < 1.29 is 22.6 Å². The third-order valence-electron chi connectivity index (χ3n) is 5.12. The molecule has 2 nitrogen and oxygen atoms in total. The molecule has 0 amide bonds. The lowest BCUT2D eigenvalue weighted by Gasteiger charge is -2.15. The molecule has 31 heavy (non-hydrogen) atoms. The maximum Gasteiger partial charge on any atom is 0.387 e. The van der Waals surface area contributed by atoms with E-state index in [0.29, 0.717) is 28.7 Å². The van der Waals surface area contributed by atoms with Gasteiger partial charge in [0.2, 0.25) is 0 Å². The Kier molecular flexibility index (Phi) is 7.99. The normalized spacial score (nSPS) is 11.5. The summed E-state index contributed by atoms with van der Waals surface area (Å²) < 4.78 is 52.0. The van der Waals surface area contributed by atoms with Gasteiger partial charge in [0.05, 0.1) is 5.56 Å². The number of aryl methyl sites for hydroxylation is 1. The number of fused-ring (bicyclic) bond motifs is 1. The molecule has 0 aliphatic rings. The lowest BCUT2D eigenvalue weighted by Crippen LogP contribution is -2.05. The van der Waals surface area contributed by atoms with Crippen LogP contribution in [0.5, 0.6) is 11.5 Å². The molecule has 0 spiro atoms. The number of unbranched alkanes of at least 4 members (excludes halogenated alkanes) is 2. The minimum Gasteiger partial charge on any atom is -0.490 e. The first kappa shape index (κ1) is 22.7. The predicted molar refractivity (Wildman–Crippen MR) is 120 cm³/mol. The minimum absolute atomic E-state index is 0.0375. The molecule has 0 N–H and O–H groups in total. The zero-order valence-electron chi connectivity index (χ0n) is 17.8. The van der Waals surface area contributed by atoms with Gasteiger partial charge < -0.3 is 9.47 Å². The van der Waals surface area contributed by atoms with Crippen molar-refractivity contribution in [3.63, 3.8) is 0 Å². The van der Waals surface area contributed by atoms with E-state index in [4.69, 9.17) is 9.47 Å². The van der Waals surface area contributed by atoms with Gasteiger partial charge in [0.1, 0.15) is 23.9 Å². The first-order valence-electron chi connectivity index (χ1n) is 10.6. The van der Waals surface area contributed by atoms with E-state index in [1.54, 1.807) is 30.3 Å². The highest BCUT2D eigenvalue weighted by molar-refractivity contribution is 5.92. The number of ether oxygens (including phenoxy) is 2. The van der Waals surface area contributed by atoms with Crippen molar-refractivity contribution in [2.45, 2.75) is 46.1 Å². The van der Waals surface area contributed by atoms with Crippen molar-refractivity contribution >= 4 is 10.8 Å². The fourth-order valence-corrected chi connectivity index (χ4v) is 3.52. The number of alkyl halides is 2.